The summed E-state index contributed by atoms with van der Waals surface area (Å²) in [4.78, 5) is 4.45. The van der Waals surface area contributed by atoms with Gasteiger partial charge in [-0.15, -0.1) is 5.56 Å². The van der Waals surface area contributed by atoms with Crippen molar-refractivity contribution in [2.45, 2.75) is 53.9 Å². The Kier molecular flexibility index (Phi) is 5.26. The quantitative estimate of drug-likeness (QED) is 0.664. The molecule has 0 spiro atoms. The number of pyridine rings is 1. The molecule has 1 heterocycles. The van der Waals surface area contributed by atoms with E-state index in [2.05, 4.69) is 53.5 Å². The van der Waals surface area contributed by atoms with E-state index >= 15 is 0 Å². The summed E-state index contributed by atoms with van der Waals surface area (Å²) in [6, 6.07) is 0. The van der Waals surface area contributed by atoms with E-state index in [9.17, 15) is 0 Å². The van der Waals surface area contributed by atoms with Gasteiger partial charge >= 0.3 is 0 Å². The van der Waals surface area contributed by atoms with Crippen LogP contribution in [0.15, 0.2) is 6.20 Å². The van der Waals surface area contributed by atoms with Gasteiger partial charge in [0.2, 0.25) is 0 Å². The fourth-order valence-electron chi connectivity index (χ4n) is 2.05. The molecule has 1 nitrogen and oxygen atoms in total. The van der Waals surface area contributed by atoms with Gasteiger partial charge in [-0.1, -0.05) is 51.8 Å². The number of hydrogen-bond acceptors (Lipinski definition) is 1. The monoisotopic (exact) mass is 388 g/mol. The molecular weight excluding hydrogens is 366 g/mol. The topological polar surface area (TPSA) is 12.9 Å². The minimum absolute atomic E-state index is 0. The van der Waals surface area contributed by atoms with Crippen LogP contribution >= 0.6 is 0 Å². The Morgan fingerprint density at radius 1 is 1.12 bits per heavy atom. The molecule has 0 N–H and O–H groups in total. The molecule has 0 aromatic carbocycles. The van der Waals surface area contributed by atoms with Crippen molar-refractivity contribution >= 4 is 0 Å². The van der Waals surface area contributed by atoms with E-state index in [1.54, 1.807) is 0 Å². The summed E-state index contributed by atoms with van der Waals surface area (Å²) in [6.45, 7) is 15.4. The standard InChI is InChI=1S/C14H22N.W/c1-9(2)12-8-15-11(4)10(3)13(12)14(5,6)7;/h8H,1-7H3;/q-1;. The second-order valence-corrected chi connectivity index (χ2v) is 5.51. The van der Waals surface area contributed by atoms with E-state index in [4.69, 9.17) is 0 Å². The van der Waals surface area contributed by atoms with Crippen molar-refractivity contribution in [1.82, 2.24) is 4.98 Å². The van der Waals surface area contributed by atoms with Gasteiger partial charge in [0.1, 0.15) is 0 Å². The molecule has 0 aliphatic carbocycles. The Morgan fingerprint density at radius 2 is 1.62 bits per heavy atom. The van der Waals surface area contributed by atoms with Crippen LogP contribution in [0.5, 0.6) is 0 Å². The number of nitrogens with zero attached hydrogens (tertiary/aromatic N) is 1. The van der Waals surface area contributed by atoms with Gasteiger partial charge < -0.3 is 4.98 Å². The summed E-state index contributed by atoms with van der Waals surface area (Å²) in [7, 11) is 0. The maximum absolute atomic E-state index is 4.45. The summed E-state index contributed by atoms with van der Waals surface area (Å²) in [5, 5.41) is 0. The second kappa shape index (κ2) is 5.36. The van der Waals surface area contributed by atoms with Gasteiger partial charge in [0.15, 0.2) is 0 Å². The van der Waals surface area contributed by atoms with E-state index in [0.717, 1.165) is 5.69 Å². The Labute approximate surface area is 114 Å². The minimum atomic E-state index is 0. The number of aromatic nitrogens is 1. The summed E-state index contributed by atoms with van der Waals surface area (Å²) in [6.07, 6.45) is 2.01. The fraction of sp³-hybridized carbons (Fsp3) is 0.571. The maximum atomic E-state index is 4.45. The molecule has 0 aliphatic rings. The number of hydrogen-bond donors (Lipinski definition) is 0. The second-order valence-electron chi connectivity index (χ2n) is 5.51. The van der Waals surface area contributed by atoms with E-state index in [0.29, 0.717) is 0 Å². The van der Waals surface area contributed by atoms with Crippen LogP contribution in [0.3, 0.4) is 0 Å². The van der Waals surface area contributed by atoms with Gasteiger partial charge in [0, 0.05) is 26.8 Å². The summed E-state index contributed by atoms with van der Waals surface area (Å²) in [5.41, 5.74) is 5.41. The first kappa shape index (κ1) is 15.7. The molecule has 90 valence electrons. The predicted octanol–water partition coefficient (Wildman–Crippen LogP) is 3.96. The first-order valence-corrected chi connectivity index (χ1v) is 5.52. The molecule has 1 aromatic heterocycles. The zero-order valence-electron chi connectivity index (χ0n) is 11.4. The van der Waals surface area contributed by atoms with Crippen molar-refractivity contribution in [3.8, 4) is 0 Å². The first-order valence-electron chi connectivity index (χ1n) is 5.52. The largest absolute Gasteiger partial charge is 0.326 e. The van der Waals surface area contributed by atoms with E-state index in [-0.39, 0.29) is 26.5 Å². The molecule has 16 heavy (non-hydrogen) atoms. The van der Waals surface area contributed by atoms with Crippen molar-refractivity contribution in [2.24, 2.45) is 0 Å². The first-order chi connectivity index (χ1) is 6.75. The zero-order chi connectivity index (χ0) is 11.8. The van der Waals surface area contributed by atoms with Crippen LogP contribution in [0.4, 0.5) is 0 Å². The molecule has 0 atom stereocenters. The van der Waals surface area contributed by atoms with Gasteiger partial charge in [-0.25, -0.2) is 0 Å². The third-order valence-electron chi connectivity index (χ3n) is 2.86. The molecule has 0 radical (unpaired) electrons. The zero-order valence-corrected chi connectivity index (χ0v) is 14.4. The Balaban J connectivity index is 0.00000225. The molecule has 0 bridgehead atoms. The van der Waals surface area contributed by atoms with Gasteiger partial charge in [-0.05, 0) is 13.8 Å². The average Bonchev–Trinajstić information content (AvgIpc) is 2.06. The molecular formula is C14H22NW-. The van der Waals surface area contributed by atoms with Crippen molar-refractivity contribution in [3.05, 3.63) is 34.5 Å². The van der Waals surface area contributed by atoms with Crippen LogP contribution in [0.1, 0.15) is 57.0 Å². The Bertz CT molecular complexity index is 362. The molecule has 1 rings (SSSR count). The molecule has 0 saturated carbocycles. The normalized spacial score (nSPS) is 10.9. The SMILES string of the molecule is Cc1ncc([C-](C)C)c(C(C)(C)C)c1C.[W]. The minimum Gasteiger partial charge on any atom is -0.326 e. The Morgan fingerprint density at radius 3 is 2.00 bits per heavy atom. The van der Waals surface area contributed by atoms with Crippen molar-refractivity contribution in [1.29, 1.82) is 0 Å². The molecule has 1 aromatic rings. The molecule has 0 fully saturated rings. The summed E-state index contributed by atoms with van der Waals surface area (Å²) < 4.78 is 0. The van der Waals surface area contributed by atoms with Crippen LogP contribution in [0.2, 0.25) is 0 Å². The van der Waals surface area contributed by atoms with Gasteiger partial charge in [0.05, 0.1) is 0 Å². The van der Waals surface area contributed by atoms with Crippen molar-refractivity contribution < 1.29 is 21.1 Å². The van der Waals surface area contributed by atoms with Crippen LogP contribution in [-0.4, -0.2) is 4.98 Å². The van der Waals surface area contributed by atoms with Crippen LogP contribution < -0.4 is 0 Å². The smallest absolute Gasteiger partial charge is 0.0134 e. The number of rotatable bonds is 1. The van der Waals surface area contributed by atoms with Crippen molar-refractivity contribution in [2.75, 3.05) is 0 Å². The molecule has 0 aliphatic heterocycles. The van der Waals surface area contributed by atoms with E-state index in [1.807, 2.05) is 6.20 Å². The van der Waals surface area contributed by atoms with Gasteiger partial charge in [-0.2, -0.15) is 11.5 Å². The fourth-order valence-corrected chi connectivity index (χ4v) is 2.05. The van der Waals surface area contributed by atoms with E-state index < -0.39 is 0 Å². The predicted molar refractivity (Wildman–Crippen MR) is 66.1 cm³/mol. The number of aryl methyl sites for hydroxylation is 1. The average molecular weight is 388 g/mol. The Hall–Kier alpha value is -0.292. The molecule has 0 unspecified atom stereocenters. The van der Waals surface area contributed by atoms with Crippen LogP contribution in [0.25, 0.3) is 0 Å². The molecule has 0 saturated heterocycles. The van der Waals surface area contributed by atoms with Crippen molar-refractivity contribution in [3.63, 3.8) is 0 Å². The summed E-state index contributed by atoms with van der Waals surface area (Å²) in [5.74, 6) is 1.34. The van der Waals surface area contributed by atoms with E-state index in [1.165, 1.54) is 22.6 Å². The van der Waals surface area contributed by atoms with Gasteiger partial charge in [-0.3, -0.25) is 0 Å². The third kappa shape index (κ3) is 3.10. The maximum Gasteiger partial charge on any atom is 0.0134 e. The van der Waals surface area contributed by atoms with Crippen LogP contribution in [0, 0.1) is 19.8 Å². The van der Waals surface area contributed by atoms with Crippen LogP contribution in [-0.2, 0) is 26.5 Å². The molecule has 2 heteroatoms. The molecule has 0 amide bonds. The van der Waals surface area contributed by atoms with Gasteiger partial charge in [0.25, 0.3) is 0 Å². The summed E-state index contributed by atoms with van der Waals surface area (Å²) >= 11 is 0. The third-order valence-corrected chi connectivity index (χ3v) is 2.86.